The molecule has 0 atom stereocenters. The number of likely N-dealkylation sites (tertiary alicyclic amines) is 1. The number of aryl methyl sites for hydroxylation is 1. The molecule has 1 fully saturated rings. The number of rotatable bonds is 5. The third-order valence-electron chi connectivity index (χ3n) is 4.40. The zero-order chi connectivity index (χ0) is 16.8. The van der Waals surface area contributed by atoms with Crippen LogP contribution in [0.25, 0.3) is 0 Å². The Bertz CT molecular complexity index is 566. The van der Waals surface area contributed by atoms with Gasteiger partial charge in [-0.2, -0.15) is 0 Å². The average Bonchev–Trinajstić information content (AvgIpc) is 2.56. The van der Waals surface area contributed by atoms with Crippen molar-refractivity contribution in [1.29, 1.82) is 0 Å². The summed E-state index contributed by atoms with van der Waals surface area (Å²) in [6, 6.07) is 5.83. The number of piperidine rings is 1. The molecule has 2 rings (SSSR count). The van der Waals surface area contributed by atoms with E-state index in [4.69, 9.17) is 0 Å². The number of hydrogen-bond donors (Lipinski definition) is 1. The Labute approximate surface area is 146 Å². The second kappa shape index (κ2) is 8.48. The number of halogens is 1. The topological polar surface area (TPSA) is 49.4 Å². The number of hydrogen-bond acceptors (Lipinski definition) is 2. The molecule has 1 saturated heterocycles. The van der Waals surface area contributed by atoms with Crippen molar-refractivity contribution < 1.29 is 9.59 Å². The summed E-state index contributed by atoms with van der Waals surface area (Å²) in [5.74, 6) is 0.278. The van der Waals surface area contributed by atoms with Crippen LogP contribution in [0.1, 0.15) is 44.6 Å². The van der Waals surface area contributed by atoms with Gasteiger partial charge in [0, 0.05) is 35.6 Å². The van der Waals surface area contributed by atoms with Gasteiger partial charge in [-0.05, 0) is 43.9 Å². The minimum Gasteiger partial charge on any atom is -0.343 e. The quantitative estimate of drug-likeness (QED) is 0.834. The number of nitrogens with zero attached hydrogens (tertiary/aromatic N) is 1. The van der Waals surface area contributed by atoms with Crippen LogP contribution in [-0.2, 0) is 9.59 Å². The van der Waals surface area contributed by atoms with E-state index in [2.05, 4.69) is 28.2 Å². The first-order valence-corrected chi connectivity index (χ1v) is 9.15. The molecule has 1 heterocycles. The monoisotopic (exact) mass is 380 g/mol. The highest BCUT2D eigenvalue weighted by Gasteiger charge is 2.27. The van der Waals surface area contributed by atoms with Gasteiger partial charge in [0.1, 0.15) is 0 Å². The van der Waals surface area contributed by atoms with E-state index in [9.17, 15) is 9.59 Å². The van der Waals surface area contributed by atoms with Crippen LogP contribution in [0.5, 0.6) is 0 Å². The lowest BCUT2D eigenvalue weighted by Crippen LogP contribution is -2.41. The summed E-state index contributed by atoms with van der Waals surface area (Å²) in [5, 5.41) is 2.99. The average molecular weight is 381 g/mol. The fourth-order valence-corrected chi connectivity index (χ4v) is 3.17. The zero-order valence-electron chi connectivity index (χ0n) is 13.9. The number of carbonyl (C=O) groups is 2. The lowest BCUT2D eigenvalue weighted by atomic mass is 9.95. The third-order valence-corrected chi connectivity index (χ3v) is 5.26. The number of unbranched alkanes of at least 4 members (excludes halogenated alkanes) is 1. The Morgan fingerprint density at radius 3 is 2.61 bits per heavy atom. The fraction of sp³-hybridized carbons (Fsp3) is 0.556. The largest absolute Gasteiger partial charge is 0.343 e. The smallest absolute Gasteiger partial charge is 0.227 e. The van der Waals surface area contributed by atoms with Gasteiger partial charge < -0.3 is 10.2 Å². The van der Waals surface area contributed by atoms with Crippen LogP contribution in [0, 0.1) is 12.8 Å². The summed E-state index contributed by atoms with van der Waals surface area (Å²) in [5.41, 5.74) is 1.95. The Hall–Kier alpha value is -1.36. The van der Waals surface area contributed by atoms with Gasteiger partial charge in [-0.15, -0.1) is 0 Å². The van der Waals surface area contributed by atoms with E-state index in [0.29, 0.717) is 19.5 Å². The predicted molar refractivity (Wildman–Crippen MR) is 96.3 cm³/mol. The summed E-state index contributed by atoms with van der Waals surface area (Å²) < 4.78 is 0.992. The van der Waals surface area contributed by atoms with Crippen molar-refractivity contribution in [3.63, 3.8) is 0 Å². The SMILES string of the molecule is CCCCC(=O)N1CCC(C(=O)Nc2ccc(C)c(Br)c2)CC1. The Morgan fingerprint density at radius 1 is 1.30 bits per heavy atom. The molecule has 126 valence electrons. The number of anilines is 1. The molecule has 1 aromatic carbocycles. The number of nitrogens with one attached hydrogen (secondary N) is 1. The van der Waals surface area contributed by atoms with Crippen LogP contribution in [0.3, 0.4) is 0 Å². The maximum Gasteiger partial charge on any atom is 0.227 e. The standard InChI is InChI=1S/C18H25BrN2O2/c1-3-4-5-17(22)21-10-8-14(9-11-21)18(23)20-15-7-6-13(2)16(19)12-15/h6-7,12,14H,3-5,8-11H2,1-2H3,(H,20,23). The molecule has 1 aliphatic heterocycles. The van der Waals surface area contributed by atoms with Crippen LogP contribution >= 0.6 is 15.9 Å². The highest BCUT2D eigenvalue weighted by atomic mass is 79.9. The van der Waals surface area contributed by atoms with Gasteiger partial charge >= 0.3 is 0 Å². The lowest BCUT2D eigenvalue weighted by Gasteiger charge is -2.31. The number of amides is 2. The van der Waals surface area contributed by atoms with Crippen LogP contribution < -0.4 is 5.32 Å². The van der Waals surface area contributed by atoms with Crippen molar-refractivity contribution >= 4 is 33.4 Å². The van der Waals surface area contributed by atoms with Crippen LogP contribution in [-0.4, -0.2) is 29.8 Å². The molecular formula is C18H25BrN2O2. The highest BCUT2D eigenvalue weighted by molar-refractivity contribution is 9.10. The number of benzene rings is 1. The van der Waals surface area contributed by atoms with Crippen LogP contribution in [0.2, 0.25) is 0 Å². The molecule has 2 amide bonds. The summed E-state index contributed by atoms with van der Waals surface area (Å²) in [6.45, 7) is 5.49. The van der Waals surface area contributed by atoms with Crippen LogP contribution in [0.4, 0.5) is 5.69 Å². The summed E-state index contributed by atoms with van der Waals surface area (Å²) in [6.07, 6.45) is 4.11. The van der Waals surface area contributed by atoms with Gasteiger partial charge in [0.05, 0.1) is 0 Å². The molecule has 4 nitrogen and oxygen atoms in total. The van der Waals surface area contributed by atoms with Crippen molar-refractivity contribution in [3.05, 3.63) is 28.2 Å². The molecule has 0 aliphatic carbocycles. The maximum absolute atomic E-state index is 12.4. The number of carbonyl (C=O) groups excluding carboxylic acids is 2. The molecule has 0 unspecified atom stereocenters. The van der Waals surface area contributed by atoms with Crippen molar-refractivity contribution in [3.8, 4) is 0 Å². The molecule has 1 N–H and O–H groups in total. The Morgan fingerprint density at radius 2 is 2.00 bits per heavy atom. The van der Waals surface area contributed by atoms with Crippen molar-refractivity contribution in [1.82, 2.24) is 4.90 Å². The first-order valence-electron chi connectivity index (χ1n) is 8.36. The molecule has 0 bridgehead atoms. The molecule has 1 aliphatic rings. The molecule has 1 aromatic rings. The first-order chi connectivity index (χ1) is 11.0. The molecule has 5 heteroatoms. The maximum atomic E-state index is 12.4. The second-order valence-electron chi connectivity index (χ2n) is 6.21. The summed E-state index contributed by atoms with van der Waals surface area (Å²) in [4.78, 5) is 26.3. The van der Waals surface area contributed by atoms with E-state index in [0.717, 1.165) is 41.4 Å². The molecule has 0 saturated carbocycles. The second-order valence-corrected chi connectivity index (χ2v) is 7.07. The molecule has 0 aromatic heterocycles. The van der Waals surface area contributed by atoms with Gasteiger partial charge in [-0.25, -0.2) is 0 Å². The van der Waals surface area contributed by atoms with E-state index in [1.165, 1.54) is 0 Å². The highest BCUT2D eigenvalue weighted by Crippen LogP contribution is 2.23. The van der Waals surface area contributed by atoms with Crippen molar-refractivity contribution in [2.24, 2.45) is 5.92 Å². The molecule has 23 heavy (non-hydrogen) atoms. The molecular weight excluding hydrogens is 356 g/mol. The third kappa shape index (κ3) is 5.06. The first kappa shape index (κ1) is 18.0. The van der Waals surface area contributed by atoms with Crippen LogP contribution in [0.15, 0.2) is 22.7 Å². The molecule has 0 radical (unpaired) electrons. The van der Waals surface area contributed by atoms with E-state index >= 15 is 0 Å². The van der Waals surface area contributed by atoms with E-state index in [-0.39, 0.29) is 17.7 Å². The van der Waals surface area contributed by atoms with E-state index < -0.39 is 0 Å². The Balaban J connectivity index is 1.83. The van der Waals surface area contributed by atoms with E-state index in [1.54, 1.807) is 0 Å². The normalized spacial score (nSPS) is 15.5. The van der Waals surface area contributed by atoms with Gasteiger partial charge in [-0.1, -0.05) is 35.3 Å². The minimum absolute atomic E-state index is 0.00898. The van der Waals surface area contributed by atoms with Crippen molar-refractivity contribution in [2.45, 2.75) is 46.0 Å². The van der Waals surface area contributed by atoms with Crippen molar-refractivity contribution in [2.75, 3.05) is 18.4 Å². The lowest BCUT2D eigenvalue weighted by molar-refractivity contribution is -0.134. The zero-order valence-corrected chi connectivity index (χ0v) is 15.5. The summed E-state index contributed by atoms with van der Waals surface area (Å²) in [7, 11) is 0. The van der Waals surface area contributed by atoms with Gasteiger partial charge in [-0.3, -0.25) is 9.59 Å². The molecule has 0 spiro atoms. The predicted octanol–water partition coefficient (Wildman–Crippen LogP) is 4.12. The van der Waals surface area contributed by atoms with Gasteiger partial charge in [0.25, 0.3) is 0 Å². The van der Waals surface area contributed by atoms with Gasteiger partial charge in [0.15, 0.2) is 0 Å². The van der Waals surface area contributed by atoms with E-state index in [1.807, 2.05) is 30.0 Å². The minimum atomic E-state index is -0.00898. The Kier molecular flexibility index (Phi) is 6.63. The summed E-state index contributed by atoms with van der Waals surface area (Å²) >= 11 is 3.48. The fourth-order valence-electron chi connectivity index (χ4n) is 2.79. The van der Waals surface area contributed by atoms with Gasteiger partial charge in [0.2, 0.25) is 11.8 Å².